The van der Waals surface area contributed by atoms with Gasteiger partial charge in [-0.25, -0.2) is 9.78 Å². The first-order valence-corrected chi connectivity index (χ1v) is 6.58. The van der Waals surface area contributed by atoms with Crippen LogP contribution in [0.5, 0.6) is 0 Å². The largest absolute Gasteiger partial charge is 0.478 e. The molecule has 0 saturated heterocycles. The fraction of sp³-hybridized carbons (Fsp3) is 0.200. The molecule has 1 aromatic heterocycles. The van der Waals surface area contributed by atoms with Gasteiger partial charge in [-0.3, -0.25) is 0 Å². The lowest BCUT2D eigenvalue weighted by Gasteiger charge is -2.18. The van der Waals surface area contributed by atoms with Crippen molar-refractivity contribution in [3.63, 3.8) is 0 Å². The number of benzene rings is 1. The SMILES string of the molecule is Cc1ccccc1C(C)Nc1nc(Cl)ccc1C(=O)O. The Morgan fingerprint density at radius 2 is 2.00 bits per heavy atom. The molecule has 0 saturated carbocycles. The van der Waals surface area contributed by atoms with Crippen LogP contribution in [0.25, 0.3) is 0 Å². The Bertz CT molecular complexity index is 644. The van der Waals surface area contributed by atoms with Gasteiger partial charge in [0.15, 0.2) is 0 Å². The van der Waals surface area contributed by atoms with Gasteiger partial charge in [-0.15, -0.1) is 0 Å². The van der Waals surface area contributed by atoms with E-state index in [-0.39, 0.29) is 22.6 Å². The van der Waals surface area contributed by atoms with E-state index in [0.717, 1.165) is 11.1 Å². The molecular formula is C15H15ClN2O2. The molecule has 0 bridgehead atoms. The quantitative estimate of drug-likeness (QED) is 0.838. The van der Waals surface area contributed by atoms with Gasteiger partial charge in [0, 0.05) is 0 Å². The lowest BCUT2D eigenvalue weighted by Crippen LogP contribution is -2.13. The standard InChI is InChI=1S/C15H15ClN2O2/c1-9-5-3-4-6-11(9)10(2)17-14-12(15(19)20)7-8-13(16)18-14/h3-8,10H,1-2H3,(H,17,18)(H,19,20). The molecule has 2 rings (SSSR count). The van der Waals surface area contributed by atoms with Gasteiger partial charge in [0.25, 0.3) is 0 Å². The summed E-state index contributed by atoms with van der Waals surface area (Å²) in [5.41, 5.74) is 2.33. The molecule has 0 fully saturated rings. The fourth-order valence-electron chi connectivity index (χ4n) is 2.07. The second-order valence-electron chi connectivity index (χ2n) is 4.56. The maximum atomic E-state index is 11.2. The van der Waals surface area contributed by atoms with Gasteiger partial charge in [-0.1, -0.05) is 35.9 Å². The Balaban J connectivity index is 2.32. The summed E-state index contributed by atoms with van der Waals surface area (Å²) in [7, 11) is 0. The van der Waals surface area contributed by atoms with Crippen molar-refractivity contribution in [2.45, 2.75) is 19.9 Å². The van der Waals surface area contributed by atoms with Crippen LogP contribution in [0, 0.1) is 6.92 Å². The van der Waals surface area contributed by atoms with Crippen LogP contribution in [0.4, 0.5) is 5.82 Å². The van der Waals surface area contributed by atoms with E-state index < -0.39 is 5.97 Å². The number of aromatic carboxylic acids is 1. The minimum atomic E-state index is -1.03. The smallest absolute Gasteiger partial charge is 0.339 e. The summed E-state index contributed by atoms with van der Waals surface area (Å²) >= 11 is 5.84. The van der Waals surface area contributed by atoms with Crippen molar-refractivity contribution in [1.82, 2.24) is 4.98 Å². The van der Waals surface area contributed by atoms with Crippen molar-refractivity contribution < 1.29 is 9.90 Å². The zero-order valence-corrected chi connectivity index (χ0v) is 12.0. The molecular weight excluding hydrogens is 276 g/mol. The number of nitrogens with zero attached hydrogens (tertiary/aromatic N) is 1. The Kier molecular flexibility index (Phi) is 4.25. The van der Waals surface area contributed by atoms with Crippen molar-refractivity contribution in [2.75, 3.05) is 5.32 Å². The Labute approximate surface area is 122 Å². The van der Waals surface area contributed by atoms with Gasteiger partial charge in [0.05, 0.1) is 6.04 Å². The molecule has 4 nitrogen and oxygen atoms in total. The molecule has 0 spiro atoms. The van der Waals surface area contributed by atoms with Crippen molar-refractivity contribution in [2.24, 2.45) is 0 Å². The highest BCUT2D eigenvalue weighted by Gasteiger charge is 2.15. The van der Waals surface area contributed by atoms with Crippen LogP contribution < -0.4 is 5.32 Å². The normalized spacial score (nSPS) is 11.9. The van der Waals surface area contributed by atoms with Crippen molar-refractivity contribution >= 4 is 23.4 Å². The molecule has 1 atom stereocenters. The van der Waals surface area contributed by atoms with E-state index >= 15 is 0 Å². The maximum absolute atomic E-state index is 11.2. The van der Waals surface area contributed by atoms with Crippen LogP contribution in [-0.2, 0) is 0 Å². The van der Waals surface area contributed by atoms with Crippen LogP contribution >= 0.6 is 11.6 Å². The highest BCUT2D eigenvalue weighted by molar-refractivity contribution is 6.29. The number of pyridine rings is 1. The zero-order chi connectivity index (χ0) is 14.7. The van der Waals surface area contributed by atoms with Gasteiger partial charge in [-0.2, -0.15) is 0 Å². The monoisotopic (exact) mass is 290 g/mol. The third-order valence-electron chi connectivity index (χ3n) is 3.10. The second kappa shape index (κ2) is 5.92. The van der Waals surface area contributed by atoms with E-state index in [1.54, 1.807) is 0 Å². The molecule has 1 unspecified atom stereocenters. The molecule has 0 aliphatic rings. The van der Waals surface area contributed by atoms with Crippen LogP contribution in [-0.4, -0.2) is 16.1 Å². The van der Waals surface area contributed by atoms with E-state index in [9.17, 15) is 9.90 Å². The lowest BCUT2D eigenvalue weighted by molar-refractivity contribution is 0.0697. The zero-order valence-electron chi connectivity index (χ0n) is 11.2. The molecule has 5 heteroatoms. The molecule has 104 valence electrons. The van der Waals surface area contributed by atoms with Gasteiger partial charge in [0.1, 0.15) is 16.5 Å². The van der Waals surface area contributed by atoms with Crippen molar-refractivity contribution in [1.29, 1.82) is 0 Å². The van der Waals surface area contributed by atoms with Crippen LogP contribution in [0.3, 0.4) is 0 Å². The molecule has 2 N–H and O–H groups in total. The first kappa shape index (κ1) is 14.3. The highest BCUT2D eigenvalue weighted by atomic mass is 35.5. The summed E-state index contributed by atoms with van der Waals surface area (Å²) in [6, 6.07) is 10.8. The number of carboxylic acids is 1. The third kappa shape index (κ3) is 3.08. The molecule has 20 heavy (non-hydrogen) atoms. The number of carbonyl (C=O) groups is 1. The molecule has 2 aromatic rings. The van der Waals surface area contributed by atoms with E-state index in [1.165, 1.54) is 12.1 Å². The van der Waals surface area contributed by atoms with Gasteiger partial charge in [-0.05, 0) is 37.1 Å². The summed E-state index contributed by atoms with van der Waals surface area (Å²) in [4.78, 5) is 15.3. The number of nitrogens with one attached hydrogen (secondary N) is 1. The number of carboxylic acid groups (broad SMARTS) is 1. The van der Waals surface area contributed by atoms with E-state index in [0.29, 0.717) is 0 Å². The number of aromatic nitrogens is 1. The van der Waals surface area contributed by atoms with Gasteiger partial charge >= 0.3 is 5.97 Å². The van der Waals surface area contributed by atoms with E-state index in [2.05, 4.69) is 10.3 Å². The molecule has 0 amide bonds. The minimum Gasteiger partial charge on any atom is -0.478 e. The molecule has 0 radical (unpaired) electrons. The second-order valence-corrected chi connectivity index (χ2v) is 4.95. The van der Waals surface area contributed by atoms with Crippen LogP contribution in [0.15, 0.2) is 36.4 Å². The minimum absolute atomic E-state index is 0.0692. The number of hydrogen-bond donors (Lipinski definition) is 2. The molecule has 1 heterocycles. The molecule has 0 aliphatic carbocycles. The first-order chi connectivity index (χ1) is 9.49. The molecule has 1 aromatic carbocycles. The Morgan fingerprint density at radius 3 is 2.65 bits per heavy atom. The lowest BCUT2D eigenvalue weighted by atomic mass is 10.0. The number of hydrogen-bond acceptors (Lipinski definition) is 3. The highest BCUT2D eigenvalue weighted by Crippen LogP contribution is 2.24. The summed E-state index contributed by atoms with van der Waals surface area (Å²) in [5.74, 6) is -0.755. The van der Waals surface area contributed by atoms with Gasteiger partial charge < -0.3 is 10.4 Å². The molecule has 0 aliphatic heterocycles. The van der Waals surface area contributed by atoms with E-state index in [4.69, 9.17) is 11.6 Å². The average Bonchev–Trinajstić information content (AvgIpc) is 2.38. The first-order valence-electron chi connectivity index (χ1n) is 6.21. The Morgan fingerprint density at radius 1 is 1.30 bits per heavy atom. The summed E-state index contributed by atoms with van der Waals surface area (Å²) < 4.78 is 0. The third-order valence-corrected chi connectivity index (χ3v) is 3.31. The predicted octanol–water partition coefficient (Wildman–Crippen LogP) is 3.91. The van der Waals surface area contributed by atoms with Crippen LogP contribution in [0.1, 0.15) is 34.5 Å². The van der Waals surface area contributed by atoms with E-state index in [1.807, 2.05) is 38.1 Å². The number of aryl methyl sites for hydroxylation is 1. The van der Waals surface area contributed by atoms with Crippen molar-refractivity contribution in [3.05, 3.63) is 58.2 Å². The average molecular weight is 291 g/mol. The van der Waals surface area contributed by atoms with Gasteiger partial charge in [0.2, 0.25) is 0 Å². The topological polar surface area (TPSA) is 62.2 Å². The predicted molar refractivity (Wildman–Crippen MR) is 79.4 cm³/mol. The summed E-state index contributed by atoms with van der Waals surface area (Å²) in [6.07, 6.45) is 0. The summed E-state index contributed by atoms with van der Waals surface area (Å²) in [6.45, 7) is 3.97. The van der Waals surface area contributed by atoms with Crippen LogP contribution in [0.2, 0.25) is 5.15 Å². The number of anilines is 1. The van der Waals surface area contributed by atoms with Crippen molar-refractivity contribution in [3.8, 4) is 0 Å². The maximum Gasteiger partial charge on any atom is 0.339 e. The number of rotatable bonds is 4. The Hall–Kier alpha value is -2.07. The summed E-state index contributed by atoms with van der Waals surface area (Å²) in [5, 5.41) is 12.5. The fourth-order valence-corrected chi connectivity index (χ4v) is 2.22. The number of halogens is 1.